The molecule has 0 unspecified atom stereocenters. The van der Waals surface area contributed by atoms with Crippen molar-refractivity contribution in [1.82, 2.24) is 20.4 Å². The van der Waals surface area contributed by atoms with Crippen molar-refractivity contribution in [3.8, 4) is 0 Å². The summed E-state index contributed by atoms with van der Waals surface area (Å²) in [5, 5.41) is 10.6. The molecule has 1 saturated carbocycles. The van der Waals surface area contributed by atoms with Crippen molar-refractivity contribution in [3.05, 3.63) is 18.0 Å². The average molecular weight is 345 g/mol. The SMILES string of the molecule is CCNC(=NCCn1cc(C)cn1)NC1CCC(C(F)(F)F)CC1. The second-order valence-electron chi connectivity index (χ2n) is 6.28. The normalized spacial score (nSPS) is 22.5. The molecule has 0 spiro atoms. The summed E-state index contributed by atoms with van der Waals surface area (Å²) in [6, 6.07) is 0.0494. The fraction of sp³-hybridized carbons (Fsp3) is 0.750. The molecule has 0 radical (unpaired) electrons. The highest BCUT2D eigenvalue weighted by Gasteiger charge is 2.41. The molecular weight excluding hydrogens is 319 g/mol. The van der Waals surface area contributed by atoms with Gasteiger partial charge in [0.15, 0.2) is 5.96 Å². The number of nitrogens with zero attached hydrogens (tertiary/aromatic N) is 3. The van der Waals surface area contributed by atoms with E-state index in [-0.39, 0.29) is 18.9 Å². The Morgan fingerprint density at radius 2 is 2.04 bits per heavy atom. The van der Waals surface area contributed by atoms with Crippen LogP contribution in [0.5, 0.6) is 0 Å². The first-order valence-corrected chi connectivity index (χ1v) is 8.49. The van der Waals surface area contributed by atoms with Crippen molar-refractivity contribution in [3.63, 3.8) is 0 Å². The number of aryl methyl sites for hydroxylation is 1. The Kier molecular flexibility index (Phi) is 6.51. The minimum atomic E-state index is -4.06. The second kappa shape index (κ2) is 8.39. The highest BCUT2D eigenvalue weighted by molar-refractivity contribution is 5.80. The molecule has 8 heteroatoms. The quantitative estimate of drug-likeness (QED) is 0.637. The number of aliphatic imine (C=N–C) groups is 1. The van der Waals surface area contributed by atoms with Crippen LogP contribution in [-0.2, 0) is 6.54 Å². The molecule has 0 saturated heterocycles. The van der Waals surface area contributed by atoms with Gasteiger partial charge in [0.25, 0.3) is 0 Å². The number of rotatable bonds is 5. The Bertz CT molecular complexity index is 530. The first-order valence-electron chi connectivity index (χ1n) is 8.49. The third-order valence-corrected chi connectivity index (χ3v) is 4.24. The van der Waals surface area contributed by atoms with E-state index in [4.69, 9.17) is 0 Å². The molecule has 1 fully saturated rings. The third kappa shape index (κ3) is 5.72. The summed E-state index contributed by atoms with van der Waals surface area (Å²) in [5.74, 6) is -0.491. The Morgan fingerprint density at radius 3 is 2.58 bits per heavy atom. The molecule has 2 rings (SSSR count). The van der Waals surface area contributed by atoms with E-state index in [1.807, 2.05) is 24.7 Å². The van der Waals surface area contributed by atoms with Gasteiger partial charge in [-0.1, -0.05) is 0 Å². The molecular formula is C16H26F3N5. The van der Waals surface area contributed by atoms with Crippen molar-refractivity contribution in [2.75, 3.05) is 13.1 Å². The summed E-state index contributed by atoms with van der Waals surface area (Å²) < 4.78 is 40.0. The Labute approximate surface area is 140 Å². The number of hydrogen-bond acceptors (Lipinski definition) is 2. The van der Waals surface area contributed by atoms with Gasteiger partial charge < -0.3 is 10.6 Å². The molecule has 0 aromatic carbocycles. The van der Waals surface area contributed by atoms with Crippen molar-refractivity contribution >= 4 is 5.96 Å². The van der Waals surface area contributed by atoms with Crippen LogP contribution in [0.4, 0.5) is 13.2 Å². The van der Waals surface area contributed by atoms with Crippen LogP contribution in [0, 0.1) is 12.8 Å². The maximum Gasteiger partial charge on any atom is 0.391 e. The van der Waals surface area contributed by atoms with Crippen LogP contribution in [0.3, 0.4) is 0 Å². The number of aromatic nitrogens is 2. The first kappa shape index (κ1) is 18.6. The lowest BCUT2D eigenvalue weighted by molar-refractivity contribution is -0.182. The summed E-state index contributed by atoms with van der Waals surface area (Å²) in [6.07, 6.45) is 1.10. The molecule has 0 atom stereocenters. The highest BCUT2D eigenvalue weighted by atomic mass is 19.4. The average Bonchev–Trinajstić information content (AvgIpc) is 2.92. The maximum atomic E-state index is 12.7. The smallest absolute Gasteiger partial charge is 0.357 e. The summed E-state index contributed by atoms with van der Waals surface area (Å²) in [4.78, 5) is 4.49. The topological polar surface area (TPSA) is 54.2 Å². The molecule has 1 aliphatic rings. The van der Waals surface area contributed by atoms with Crippen molar-refractivity contribution in [1.29, 1.82) is 0 Å². The molecule has 0 amide bonds. The van der Waals surface area contributed by atoms with Crippen molar-refractivity contribution in [2.45, 2.75) is 58.3 Å². The summed E-state index contributed by atoms with van der Waals surface area (Å²) in [6.45, 7) is 5.90. The maximum absolute atomic E-state index is 12.7. The fourth-order valence-corrected chi connectivity index (χ4v) is 2.93. The molecule has 1 aromatic heterocycles. The number of halogens is 3. The van der Waals surface area contributed by atoms with Crippen LogP contribution in [0.1, 0.15) is 38.2 Å². The van der Waals surface area contributed by atoms with E-state index < -0.39 is 12.1 Å². The van der Waals surface area contributed by atoms with Crippen molar-refractivity contribution in [2.24, 2.45) is 10.9 Å². The first-order chi connectivity index (χ1) is 11.4. The lowest BCUT2D eigenvalue weighted by Crippen LogP contribution is -2.46. The van der Waals surface area contributed by atoms with Crippen molar-refractivity contribution < 1.29 is 13.2 Å². The van der Waals surface area contributed by atoms with Crippen LogP contribution in [0.15, 0.2) is 17.4 Å². The van der Waals surface area contributed by atoms with Crippen LogP contribution in [-0.4, -0.2) is 41.0 Å². The summed E-state index contributed by atoms with van der Waals surface area (Å²) in [7, 11) is 0. The highest BCUT2D eigenvalue weighted by Crippen LogP contribution is 2.37. The standard InChI is InChI=1S/C16H26F3N5/c1-3-20-15(21-8-9-24-11-12(2)10-22-24)23-14-6-4-13(5-7-14)16(17,18)19/h10-11,13-14H,3-9H2,1-2H3,(H2,20,21,23). The number of nitrogens with one attached hydrogen (secondary N) is 2. The van der Waals surface area contributed by atoms with E-state index in [0.717, 1.165) is 5.56 Å². The number of guanidine groups is 1. The summed E-state index contributed by atoms with van der Waals surface area (Å²) in [5.41, 5.74) is 1.10. The Hall–Kier alpha value is -1.73. The molecule has 136 valence electrons. The molecule has 5 nitrogen and oxygen atoms in total. The zero-order valence-corrected chi connectivity index (χ0v) is 14.2. The van der Waals surface area contributed by atoms with Crippen LogP contribution < -0.4 is 10.6 Å². The van der Waals surface area contributed by atoms with E-state index in [2.05, 4.69) is 20.7 Å². The van der Waals surface area contributed by atoms with Gasteiger partial charge in [-0.3, -0.25) is 9.67 Å². The van der Waals surface area contributed by atoms with Gasteiger partial charge in [-0.15, -0.1) is 0 Å². The van der Waals surface area contributed by atoms with E-state index in [1.54, 1.807) is 6.20 Å². The lowest BCUT2D eigenvalue weighted by atomic mass is 9.85. The number of hydrogen-bond donors (Lipinski definition) is 2. The van der Waals surface area contributed by atoms with Crippen LogP contribution in [0.2, 0.25) is 0 Å². The Balaban J connectivity index is 1.81. The minimum Gasteiger partial charge on any atom is -0.357 e. The molecule has 0 bridgehead atoms. The molecule has 1 heterocycles. The van der Waals surface area contributed by atoms with E-state index in [0.29, 0.717) is 38.4 Å². The predicted molar refractivity (Wildman–Crippen MR) is 87.9 cm³/mol. The van der Waals surface area contributed by atoms with Gasteiger partial charge in [0.1, 0.15) is 0 Å². The van der Waals surface area contributed by atoms with Gasteiger partial charge in [-0.25, -0.2) is 0 Å². The van der Waals surface area contributed by atoms with Gasteiger partial charge in [-0.05, 0) is 45.1 Å². The minimum absolute atomic E-state index is 0.0494. The molecule has 24 heavy (non-hydrogen) atoms. The van der Waals surface area contributed by atoms with E-state index in [1.165, 1.54) is 0 Å². The molecule has 1 aliphatic carbocycles. The van der Waals surface area contributed by atoms with Gasteiger partial charge in [0.05, 0.1) is 25.2 Å². The molecule has 0 aliphatic heterocycles. The van der Waals surface area contributed by atoms with Gasteiger partial charge in [-0.2, -0.15) is 18.3 Å². The summed E-state index contributed by atoms with van der Waals surface area (Å²) >= 11 is 0. The predicted octanol–water partition coefficient (Wildman–Crippen LogP) is 2.87. The zero-order valence-electron chi connectivity index (χ0n) is 14.2. The van der Waals surface area contributed by atoms with E-state index >= 15 is 0 Å². The molecule has 2 N–H and O–H groups in total. The monoisotopic (exact) mass is 345 g/mol. The Morgan fingerprint density at radius 1 is 1.33 bits per heavy atom. The largest absolute Gasteiger partial charge is 0.391 e. The van der Waals surface area contributed by atoms with Gasteiger partial charge >= 0.3 is 6.18 Å². The lowest BCUT2D eigenvalue weighted by Gasteiger charge is -2.31. The van der Waals surface area contributed by atoms with Crippen LogP contribution in [0.25, 0.3) is 0 Å². The van der Waals surface area contributed by atoms with Gasteiger partial charge in [0.2, 0.25) is 0 Å². The van der Waals surface area contributed by atoms with E-state index in [9.17, 15) is 13.2 Å². The van der Waals surface area contributed by atoms with Gasteiger partial charge in [0, 0.05) is 18.8 Å². The molecule has 1 aromatic rings. The van der Waals surface area contributed by atoms with Crippen LogP contribution >= 0.6 is 0 Å². The zero-order chi connectivity index (χ0) is 17.6. The number of alkyl halides is 3. The fourth-order valence-electron chi connectivity index (χ4n) is 2.93. The third-order valence-electron chi connectivity index (χ3n) is 4.24. The second-order valence-corrected chi connectivity index (χ2v) is 6.28.